The number of methoxy groups -OCH3 is 1. The molecule has 0 spiro atoms. The fourth-order valence-corrected chi connectivity index (χ4v) is 2.81. The van der Waals surface area contributed by atoms with Gasteiger partial charge in [0.15, 0.2) is 0 Å². The molecule has 7 heteroatoms. The van der Waals surface area contributed by atoms with Crippen LogP contribution < -0.4 is 4.74 Å². The van der Waals surface area contributed by atoms with E-state index in [1.54, 1.807) is 13.3 Å². The van der Waals surface area contributed by atoms with Crippen LogP contribution in [-0.4, -0.2) is 32.3 Å². The molecule has 2 aromatic carbocycles. The van der Waals surface area contributed by atoms with Crippen molar-refractivity contribution in [2.24, 2.45) is 0 Å². The Morgan fingerprint density at radius 2 is 1.92 bits per heavy atom. The highest BCUT2D eigenvalue weighted by Crippen LogP contribution is 2.33. The molecule has 2 heterocycles. The highest BCUT2D eigenvalue weighted by atomic mass is 35.5. The van der Waals surface area contributed by atoms with Gasteiger partial charge in [0.2, 0.25) is 5.82 Å². The van der Waals surface area contributed by atoms with Crippen molar-refractivity contribution < 1.29 is 4.74 Å². The topological polar surface area (TPSA) is 65.7 Å². The standard InChI is InChI=1S/C19H14ClN5O/c1-26-18-12-15(8-9-16(18)13-5-4-6-14(20)11-13)25-23-19(22-24-25)17-7-2-3-10-21-17/h2-12H,1H3. The van der Waals surface area contributed by atoms with Crippen molar-refractivity contribution in [3.05, 3.63) is 71.9 Å². The summed E-state index contributed by atoms with van der Waals surface area (Å²) in [6.07, 6.45) is 1.69. The lowest BCUT2D eigenvalue weighted by Gasteiger charge is -2.10. The van der Waals surface area contributed by atoms with Crippen LogP contribution in [-0.2, 0) is 0 Å². The van der Waals surface area contributed by atoms with Crippen molar-refractivity contribution >= 4 is 11.6 Å². The first kappa shape index (κ1) is 16.2. The minimum absolute atomic E-state index is 0.462. The van der Waals surface area contributed by atoms with Crippen molar-refractivity contribution in [3.8, 4) is 34.1 Å². The molecule has 0 aliphatic rings. The van der Waals surface area contributed by atoms with Crippen LogP contribution in [0, 0.1) is 0 Å². The zero-order valence-corrected chi connectivity index (χ0v) is 14.6. The number of ether oxygens (including phenoxy) is 1. The van der Waals surface area contributed by atoms with E-state index in [1.165, 1.54) is 4.80 Å². The predicted octanol–water partition coefficient (Wildman–Crippen LogP) is 4.05. The maximum absolute atomic E-state index is 6.10. The number of hydrogen-bond acceptors (Lipinski definition) is 5. The molecular weight excluding hydrogens is 350 g/mol. The Bertz CT molecular complexity index is 1050. The smallest absolute Gasteiger partial charge is 0.223 e. The van der Waals surface area contributed by atoms with Gasteiger partial charge in [-0.05, 0) is 47.2 Å². The van der Waals surface area contributed by atoms with E-state index in [4.69, 9.17) is 16.3 Å². The van der Waals surface area contributed by atoms with E-state index in [0.29, 0.717) is 22.3 Å². The molecule has 2 aromatic heterocycles. The number of nitrogens with zero attached hydrogens (tertiary/aromatic N) is 5. The average molecular weight is 364 g/mol. The van der Waals surface area contributed by atoms with E-state index in [1.807, 2.05) is 60.7 Å². The van der Waals surface area contributed by atoms with Crippen molar-refractivity contribution in [2.45, 2.75) is 0 Å². The first-order valence-electron chi connectivity index (χ1n) is 7.90. The molecule has 0 saturated heterocycles. The summed E-state index contributed by atoms with van der Waals surface area (Å²) in [6.45, 7) is 0. The van der Waals surface area contributed by atoms with Crippen LogP contribution in [0.5, 0.6) is 5.75 Å². The number of halogens is 1. The Kier molecular flexibility index (Phi) is 4.33. The van der Waals surface area contributed by atoms with Crippen LogP contribution in [0.3, 0.4) is 0 Å². The summed E-state index contributed by atoms with van der Waals surface area (Å²) in [7, 11) is 1.63. The van der Waals surface area contributed by atoms with Gasteiger partial charge < -0.3 is 4.74 Å². The predicted molar refractivity (Wildman–Crippen MR) is 99.4 cm³/mol. The maximum Gasteiger partial charge on any atom is 0.223 e. The molecule has 4 aromatic rings. The number of hydrogen-bond donors (Lipinski definition) is 0. The second kappa shape index (κ2) is 6.93. The summed E-state index contributed by atoms with van der Waals surface area (Å²) in [4.78, 5) is 5.69. The molecule has 0 bridgehead atoms. The molecule has 0 atom stereocenters. The van der Waals surface area contributed by atoms with Crippen molar-refractivity contribution in [1.82, 2.24) is 25.2 Å². The van der Waals surface area contributed by atoms with Gasteiger partial charge in [0.05, 0.1) is 12.8 Å². The van der Waals surface area contributed by atoms with Crippen molar-refractivity contribution in [1.29, 1.82) is 0 Å². The van der Waals surface area contributed by atoms with E-state index in [0.717, 1.165) is 16.8 Å². The SMILES string of the molecule is COc1cc(-n2nnc(-c3ccccn3)n2)ccc1-c1cccc(Cl)c1. The van der Waals surface area contributed by atoms with Crippen LogP contribution in [0.2, 0.25) is 5.02 Å². The highest BCUT2D eigenvalue weighted by molar-refractivity contribution is 6.30. The molecule has 0 aliphatic heterocycles. The minimum Gasteiger partial charge on any atom is -0.496 e. The Hall–Kier alpha value is -3.25. The van der Waals surface area contributed by atoms with Gasteiger partial charge >= 0.3 is 0 Å². The van der Waals surface area contributed by atoms with Crippen LogP contribution in [0.15, 0.2) is 66.9 Å². The van der Waals surface area contributed by atoms with E-state index < -0.39 is 0 Å². The Morgan fingerprint density at radius 3 is 2.69 bits per heavy atom. The fourth-order valence-electron chi connectivity index (χ4n) is 2.62. The maximum atomic E-state index is 6.10. The lowest BCUT2D eigenvalue weighted by molar-refractivity contribution is 0.416. The first-order chi connectivity index (χ1) is 12.7. The minimum atomic E-state index is 0.462. The van der Waals surface area contributed by atoms with E-state index in [2.05, 4.69) is 20.4 Å². The van der Waals surface area contributed by atoms with Gasteiger partial charge in [-0.25, -0.2) is 0 Å². The molecule has 0 saturated carbocycles. The summed E-state index contributed by atoms with van der Waals surface area (Å²) < 4.78 is 5.55. The molecule has 26 heavy (non-hydrogen) atoms. The van der Waals surface area contributed by atoms with Gasteiger partial charge in [-0.2, -0.15) is 0 Å². The number of tetrazole rings is 1. The van der Waals surface area contributed by atoms with Gasteiger partial charge in [0.1, 0.15) is 11.4 Å². The largest absolute Gasteiger partial charge is 0.496 e. The number of rotatable bonds is 4. The molecule has 0 N–H and O–H groups in total. The monoisotopic (exact) mass is 363 g/mol. The third-order valence-corrected chi connectivity index (χ3v) is 4.09. The number of aromatic nitrogens is 5. The van der Waals surface area contributed by atoms with Gasteiger partial charge in [-0.3, -0.25) is 4.98 Å². The normalized spacial score (nSPS) is 10.7. The van der Waals surface area contributed by atoms with E-state index in [-0.39, 0.29) is 0 Å². The van der Waals surface area contributed by atoms with E-state index >= 15 is 0 Å². The molecule has 0 unspecified atom stereocenters. The summed E-state index contributed by atoms with van der Waals surface area (Å²) in [5.74, 6) is 1.16. The summed E-state index contributed by atoms with van der Waals surface area (Å²) >= 11 is 6.10. The molecule has 0 amide bonds. The summed E-state index contributed by atoms with van der Waals surface area (Å²) in [5, 5.41) is 13.3. The lowest BCUT2D eigenvalue weighted by Crippen LogP contribution is -2.00. The fraction of sp³-hybridized carbons (Fsp3) is 0.0526. The average Bonchev–Trinajstić information content (AvgIpc) is 3.18. The molecular formula is C19H14ClN5O. The van der Waals surface area contributed by atoms with Crippen LogP contribution >= 0.6 is 11.6 Å². The lowest BCUT2D eigenvalue weighted by atomic mass is 10.0. The van der Waals surface area contributed by atoms with Gasteiger partial charge in [-0.1, -0.05) is 29.8 Å². The zero-order valence-electron chi connectivity index (χ0n) is 13.9. The Balaban J connectivity index is 1.72. The summed E-state index contributed by atoms with van der Waals surface area (Å²) in [6, 6.07) is 18.9. The van der Waals surface area contributed by atoms with Crippen molar-refractivity contribution in [3.63, 3.8) is 0 Å². The van der Waals surface area contributed by atoms with Gasteiger partial charge in [0, 0.05) is 22.8 Å². The van der Waals surface area contributed by atoms with E-state index in [9.17, 15) is 0 Å². The second-order valence-corrected chi connectivity index (χ2v) is 5.95. The Morgan fingerprint density at radius 1 is 1.00 bits per heavy atom. The van der Waals surface area contributed by atoms with Crippen LogP contribution in [0.4, 0.5) is 0 Å². The first-order valence-corrected chi connectivity index (χ1v) is 8.28. The zero-order chi connectivity index (χ0) is 17.9. The third-order valence-electron chi connectivity index (χ3n) is 3.86. The number of pyridine rings is 1. The molecule has 0 aliphatic carbocycles. The van der Waals surface area contributed by atoms with Crippen LogP contribution in [0.1, 0.15) is 0 Å². The molecule has 0 fully saturated rings. The van der Waals surface area contributed by atoms with Gasteiger partial charge in [-0.15, -0.1) is 15.0 Å². The highest BCUT2D eigenvalue weighted by Gasteiger charge is 2.12. The molecule has 4 rings (SSSR count). The Labute approximate surface area is 155 Å². The molecule has 128 valence electrons. The second-order valence-electron chi connectivity index (χ2n) is 5.51. The van der Waals surface area contributed by atoms with Gasteiger partial charge in [0.25, 0.3) is 0 Å². The molecule has 0 radical (unpaired) electrons. The third kappa shape index (κ3) is 3.14. The van der Waals surface area contributed by atoms with Crippen LogP contribution in [0.25, 0.3) is 28.3 Å². The quantitative estimate of drug-likeness (QED) is 0.547. The van der Waals surface area contributed by atoms with Crippen molar-refractivity contribution in [2.75, 3.05) is 7.11 Å². The number of benzene rings is 2. The summed E-state index contributed by atoms with van der Waals surface area (Å²) in [5.41, 5.74) is 3.31. The molecule has 6 nitrogen and oxygen atoms in total.